The summed E-state index contributed by atoms with van der Waals surface area (Å²) in [4.78, 5) is 0. The topological polar surface area (TPSA) is 13.1 Å². The number of pyridine rings is 1. The first-order valence-corrected chi connectivity index (χ1v) is 6.56. The van der Waals surface area contributed by atoms with Crippen LogP contribution < -0.4 is 26.3 Å². The molecule has 2 nitrogen and oxygen atoms in total. The van der Waals surface area contributed by atoms with Crippen molar-refractivity contribution in [2.24, 2.45) is 0 Å². The van der Waals surface area contributed by atoms with E-state index in [1.54, 1.807) is 0 Å². The van der Waals surface area contributed by atoms with Crippen molar-refractivity contribution in [1.82, 2.24) is 0 Å². The first kappa shape index (κ1) is 12.8. The standard InChI is InChI=1S/C13H13BrNO.BrH/c1-9-2-3-10-4-5-13-15(12(10)6-9)8-11(7-14)16-13;/h2-6,11H,7-8H2,1H3;1H/q+1;/p-1. The van der Waals surface area contributed by atoms with E-state index in [1.165, 1.54) is 16.5 Å². The fraction of sp³-hybridized carbons (Fsp3) is 0.308. The van der Waals surface area contributed by atoms with Gasteiger partial charge in [0.15, 0.2) is 12.6 Å². The minimum Gasteiger partial charge on any atom is -1.00 e. The van der Waals surface area contributed by atoms with Crippen molar-refractivity contribution in [3.05, 3.63) is 35.9 Å². The van der Waals surface area contributed by atoms with Gasteiger partial charge in [0.25, 0.3) is 0 Å². The molecule has 2 aromatic rings. The van der Waals surface area contributed by atoms with E-state index < -0.39 is 0 Å². The summed E-state index contributed by atoms with van der Waals surface area (Å²) in [6.45, 7) is 3.05. The Labute approximate surface area is 119 Å². The summed E-state index contributed by atoms with van der Waals surface area (Å²) in [5.74, 6) is 0.975. The third kappa shape index (κ3) is 2.20. The number of aryl methyl sites for hydroxylation is 1. The predicted octanol–water partition coefficient (Wildman–Crippen LogP) is -0.404. The highest BCUT2D eigenvalue weighted by atomic mass is 79.9. The van der Waals surface area contributed by atoms with E-state index in [9.17, 15) is 0 Å². The largest absolute Gasteiger partial charge is 1.00 e. The van der Waals surface area contributed by atoms with Gasteiger partial charge in [0.1, 0.15) is 0 Å². The zero-order chi connectivity index (χ0) is 11.1. The van der Waals surface area contributed by atoms with Crippen molar-refractivity contribution in [2.75, 3.05) is 5.33 Å². The molecule has 0 bridgehead atoms. The lowest BCUT2D eigenvalue weighted by Gasteiger charge is -1.98. The zero-order valence-corrected chi connectivity index (χ0v) is 12.7. The van der Waals surface area contributed by atoms with Crippen molar-refractivity contribution in [3.63, 3.8) is 0 Å². The summed E-state index contributed by atoms with van der Waals surface area (Å²) in [6.07, 6.45) is 0.256. The molecule has 0 fully saturated rings. The van der Waals surface area contributed by atoms with Gasteiger partial charge in [-0.2, -0.15) is 4.57 Å². The van der Waals surface area contributed by atoms with Crippen molar-refractivity contribution < 1.29 is 26.3 Å². The molecule has 1 aromatic carbocycles. The van der Waals surface area contributed by atoms with E-state index >= 15 is 0 Å². The first-order chi connectivity index (χ1) is 7.78. The fourth-order valence-corrected chi connectivity index (χ4v) is 2.52. The number of rotatable bonds is 1. The Hall–Kier alpha value is -0.610. The molecular weight excluding hydrogens is 346 g/mol. The Morgan fingerprint density at radius 3 is 2.88 bits per heavy atom. The fourth-order valence-electron chi connectivity index (χ4n) is 2.18. The molecule has 2 heterocycles. The monoisotopic (exact) mass is 357 g/mol. The van der Waals surface area contributed by atoms with Crippen LogP contribution in [0, 0.1) is 6.92 Å². The molecule has 1 atom stereocenters. The second-order valence-corrected chi connectivity index (χ2v) is 4.89. The molecule has 0 amide bonds. The molecule has 1 aliphatic heterocycles. The lowest BCUT2D eigenvalue weighted by atomic mass is 10.1. The lowest BCUT2D eigenvalue weighted by molar-refractivity contribution is -0.655. The minimum absolute atomic E-state index is 0. The van der Waals surface area contributed by atoms with Crippen LogP contribution in [-0.4, -0.2) is 11.4 Å². The number of halogens is 2. The van der Waals surface area contributed by atoms with Crippen LogP contribution in [0.15, 0.2) is 30.3 Å². The van der Waals surface area contributed by atoms with Gasteiger partial charge in [-0.1, -0.05) is 22.0 Å². The number of ether oxygens (including phenoxy) is 1. The van der Waals surface area contributed by atoms with Crippen LogP contribution in [0.2, 0.25) is 0 Å². The average Bonchev–Trinajstić information content (AvgIpc) is 2.72. The van der Waals surface area contributed by atoms with Gasteiger partial charge >= 0.3 is 5.88 Å². The molecule has 0 saturated heterocycles. The third-order valence-electron chi connectivity index (χ3n) is 2.99. The second kappa shape index (κ2) is 4.94. The number of nitrogens with zero attached hydrogens (tertiary/aromatic N) is 1. The van der Waals surface area contributed by atoms with Crippen molar-refractivity contribution in [1.29, 1.82) is 0 Å². The smallest absolute Gasteiger partial charge is 0.368 e. The molecule has 0 spiro atoms. The SMILES string of the molecule is Cc1ccc2ccc3[n+](c2c1)CC(CBr)O3.[Br-]. The van der Waals surface area contributed by atoms with Crippen LogP contribution in [0.25, 0.3) is 10.9 Å². The van der Waals surface area contributed by atoms with Crippen molar-refractivity contribution in [2.45, 2.75) is 19.6 Å². The average molecular weight is 359 g/mol. The van der Waals surface area contributed by atoms with E-state index in [0.717, 1.165) is 17.8 Å². The molecule has 0 saturated carbocycles. The molecule has 90 valence electrons. The summed E-state index contributed by atoms with van der Waals surface area (Å²) in [6, 6.07) is 10.7. The summed E-state index contributed by atoms with van der Waals surface area (Å²) in [7, 11) is 0. The summed E-state index contributed by atoms with van der Waals surface area (Å²) in [5, 5.41) is 2.15. The second-order valence-electron chi connectivity index (χ2n) is 4.24. The number of aromatic nitrogens is 1. The maximum Gasteiger partial charge on any atom is 0.368 e. The Morgan fingerprint density at radius 1 is 1.35 bits per heavy atom. The molecular formula is C13H13Br2NO. The van der Waals surface area contributed by atoms with E-state index in [0.29, 0.717) is 0 Å². The molecule has 1 unspecified atom stereocenters. The number of fused-ring (bicyclic) bond motifs is 3. The van der Waals surface area contributed by atoms with Crippen LogP contribution in [0.3, 0.4) is 0 Å². The lowest BCUT2D eigenvalue weighted by Crippen LogP contribution is -3.00. The van der Waals surface area contributed by atoms with Gasteiger partial charge in [0.05, 0.1) is 6.07 Å². The highest BCUT2D eigenvalue weighted by molar-refractivity contribution is 9.09. The maximum absolute atomic E-state index is 5.82. The number of hydrogen-bond acceptors (Lipinski definition) is 1. The normalized spacial score (nSPS) is 17.4. The molecule has 4 heteroatoms. The summed E-state index contributed by atoms with van der Waals surface area (Å²) in [5.41, 5.74) is 2.55. The van der Waals surface area contributed by atoms with Crippen LogP contribution in [0.4, 0.5) is 0 Å². The van der Waals surface area contributed by atoms with E-state index in [-0.39, 0.29) is 23.1 Å². The zero-order valence-electron chi connectivity index (χ0n) is 9.49. The third-order valence-corrected chi connectivity index (χ3v) is 3.72. The Kier molecular flexibility index (Phi) is 3.73. The molecule has 1 aliphatic rings. The summed E-state index contributed by atoms with van der Waals surface area (Å²) < 4.78 is 8.08. The van der Waals surface area contributed by atoms with Gasteiger partial charge in [0, 0.05) is 16.8 Å². The minimum atomic E-state index is 0. The summed E-state index contributed by atoms with van der Waals surface area (Å²) >= 11 is 3.48. The number of hydrogen-bond donors (Lipinski definition) is 0. The van der Waals surface area contributed by atoms with Crippen LogP contribution in [0.1, 0.15) is 5.56 Å². The van der Waals surface area contributed by atoms with Crippen molar-refractivity contribution in [3.8, 4) is 5.88 Å². The predicted molar refractivity (Wildman–Crippen MR) is 67.1 cm³/mol. The van der Waals surface area contributed by atoms with Gasteiger partial charge in [-0.15, -0.1) is 0 Å². The van der Waals surface area contributed by atoms with Crippen molar-refractivity contribution >= 4 is 26.8 Å². The van der Waals surface area contributed by atoms with E-state index in [1.807, 2.05) is 0 Å². The number of alkyl halides is 1. The van der Waals surface area contributed by atoms with Gasteiger partial charge in [-0.25, -0.2) is 0 Å². The highest BCUT2D eigenvalue weighted by Crippen LogP contribution is 2.21. The first-order valence-electron chi connectivity index (χ1n) is 5.44. The highest BCUT2D eigenvalue weighted by Gasteiger charge is 2.31. The molecule has 0 aliphatic carbocycles. The van der Waals surface area contributed by atoms with Gasteiger partial charge < -0.3 is 21.7 Å². The Bertz CT molecular complexity index is 556. The maximum atomic E-state index is 5.82. The quantitative estimate of drug-likeness (QED) is 0.499. The molecule has 3 rings (SSSR count). The Balaban J connectivity index is 0.00000108. The van der Waals surface area contributed by atoms with E-state index in [4.69, 9.17) is 4.74 Å². The van der Waals surface area contributed by atoms with Gasteiger partial charge in [0.2, 0.25) is 5.52 Å². The molecule has 0 radical (unpaired) electrons. The van der Waals surface area contributed by atoms with Gasteiger partial charge in [-0.05, 0) is 24.6 Å². The molecule has 0 N–H and O–H groups in total. The van der Waals surface area contributed by atoms with Crippen LogP contribution in [-0.2, 0) is 6.54 Å². The number of benzene rings is 1. The van der Waals surface area contributed by atoms with E-state index in [2.05, 4.69) is 57.8 Å². The van der Waals surface area contributed by atoms with Crippen LogP contribution in [0.5, 0.6) is 5.88 Å². The van der Waals surface area contributed by atoms with Crippen LogP contribution >= 0.6 is 15.9 Å². The molecule has 17 heavy (non-hydrogen) atoms. The Morgan fingerprint density at radius 2 is 2.12 bits per heavy atom. The van der Waals surface area contributed by atoms with Gasteiger partial charge in [-0.3, -0.25) is 0 Å². The molecule has 1 aromatic heterocycles.